The maximum absolute atomic E-state index is 14.6. The lowest BCUT2D eigenvalue weighted by Crippen LogP contribution is -2.55. The third-order valence-corrected chi connectivity index (χ3v) is 7.78. The Hall–Kier alpha value is -4.15. The zero-order valence-electron chi connectivity index (χ0n) is 18.8. The average Bonchev–Trinajstić information content (AvgIpc) is 3.32. The summed E-state index contributed by atoms with van der Waals surface area (Å²) in [7, 11) is 0. The van der Waals surface area contributed by atoms with Gasteiger partial charge in [0.1, 0.15) is 5.41 Å². The summed E-state index contributed by atoms with van der Waals surface area (Å²) in [6, 6.07) is 31.7. The highest BCUT2D eigenvalue weighted by atomic mass is 16.3. The number of carbonyl (C=O) groups excluding carboxylic acids is 3. The van der Waals surface area contributed by atoms with E-state index in [1.807, 2.05) is 36.4 Å². The Morgan fingerprint density at radius 1 is 0.686 bits per heavy atom. The number of fused-ring (bicyclic) bond motifs is 5. The summed E-state index contributed by atoms with van der Waals surface area (Å²) in [5.41, 5.74) is -0.223. The molecule has 0 heterocycles. The molecule has 0 aliphatic heterocycles. The van der Waals surface area contributed by atoms with Crippen molar-refractivity contribution >= 4 is 17.3 Å². The summed E-state index contributed by atoms with van der Waals surface area (Å²) in [5.74, 6) is -2.25. The monoisotopic (exact) mass is 458 g/mol. The number of aliphatic hydroxyl groups excluding tert-OH is 1. The number of carbonyl (C=O) groups is 3. The van der Waals surface area contributed by atoms with Crippen molar-refractivity contribution in [1.29, 1.82) is 0 Å². The Bertz CT molecular complexity index is 1490. The third-order valence-electron chi connectivity index (χ3n) is 7.78. The van der Waals surface area contributed by atoms with E-state index < -0.39 is 34.9 Å². The Balaban J connectivity index is 1.76. The van der Waals surface area contributed by atoms with Crippen LogP contribution in [-0.2, 0) is 5.41 Å². The van der Waals surface area contributed by atoms with Crippen LogP contribution in [0.4, 0.5) is 0 Å². The molecule has 0 fully saturated rings. The number of aliphatic hydroxyl groups is 1. The molecule has 170 valence electrons. The van der Waals surface area contributed by atoms with Gasteiger partial charge in [-0.1, -0.05) is 109 Å². The minimum atomic E-state index is -1.84. The number of ketones is 3. The normalized spacial score (nSPS) is 23.9. The molecule has 0 saturated carbocycles. The van der Waals surface area contributed by atoms with Gasteiger partial charge in [0.2, 0.25) is 0 Å². The van der Waals surface area contributed by atoms with Gasteiger partial charge in [0.25, 0.3) is 0 Å². The largest absolute Gasteiger partial charge is 0.395 e. The minimum Gasteiger partial charge on any atom is -0.395 e. The predicted octanol–water partition coefficient (Wildman–Crippen LogP) is 5.01. The molecule has 2 aliphatic rings. The molecular formula is C31H22O4. The van der Waals surface area contributed by atoms with Gasteiger partial charge in [-0.3, -0.25) is 14.4 Å². The molecule has 0 unspecified atom stereocenters. The Labute approximate surface area is 202 Å². The van der Waals surface area contributed by atoms with Crippen molar-refractivity contribution in [2.45, 2.75) is 11.3 Å². The van der Waals surface area contributed by atoms with Crippen LogP contribution in [0.15, 0.2) is 109 Å². The summed E-state index contributed by atoms with van der Waals surface area (Å²) >= 11 is 0. The molecule has 2 aliphatic carbocycles. The van der Waals surface area contributed by atoms with Crippen molar-refractivity contribution < 1.29 is 19.5 Å². The van der Waals surface area contributed by atoms with E-state index in [4.69, 9.17) is 0 Å². The Morgan fingerprint density at radius 3 is 1.89 bits per heavy atom. The van der Waals surface area contributed by atoms with Gasteiger partial charge in [0, 0.05) is 16.7 Å². The highest BCUT2D eigenvalue weighted by Crippen LogP contribution is 2.68. The van der Waals surface area contributed by atoms with Gasteiger partial charge < -0.3 is 5.11 Å². The van der Waals surface area contributed by atoms with Crippen LogP contribution in [0, 0.1) is 5.41 Å². The summed E-state index contributed by atoms with van der Waals surface area (Å²) < 4.78 is 0. The van der Waals surface area contributed by atoms with Crippen LogP contribution in [0.1, 0.15) is 53.7 Å². The van der Waals surface area contributed by atoms with E-state index >= 15 is 0 Å². The highest BCUT2D eigenvalue weighted by Gasteiger charge is 2.76. The highest BCUT2D eigenvalue weighted by molar-refractivity contribution is 6.29. The lowest BCUT2D eigenvalue weighted by Gasteiger charge is -2.41. The predicted molar refractivity (Wildman–Crippen MR) is 132 cm³/mol. The fourth-order valence-corrected chi connectivity index (χ4v) is 6.42. The number of hydrogen-bond acceptors (Lipinski definition) is 4. The molecule has 0 spiro atoms. The maximum Gasteiger partial charge on any atom is 0.179 e. The Morgan fingerprint density at radius 2 is 1.23 bits per heavy atom. The molecule has 1 N–H and O–H groups in total. The molecule has 4 aromatic rings. The first kappa shape index (κ1) is 21.4. The first-order valence-electron chi connectivity index (χ1n) is 11.6. The zero-order chi connectivity index (χ0) is 24.2. The molecule has 4 aromatic carbocycles. The smallest absolute Gasteiger partial charge is 0.179 e. The summed E-state index contributed by atoms with van der Waals surface area (Å²) in [4.78, 5) is 43.4. The molecule has 0 bridgehead atoms. The molecule has 0 aromatic heterocycles. The molecule has 0 saturated heterocycles. The van der Waals surface area contributed by atoms with Gasteiger partial charge in [0.15, 0.2) is 17.3 Å². The van der Waals surface area contributed by atoms with Gasteiger partial charge in [0.05, 0.1) is 17.9 Å². The van der Waals surface area contributed by atoms with Crippen LogP contribution in [0.5, 0.6) is 0 Å². The molecule has 0 radical (unpaired) electrons. The van der Waals surface area contributed by atoms with E-state index in [9.17, 15) is 19.5 Å². The van der Waals surface area contributed by atoms with Gasteiger partial charge in [-0.05, 0) is 16.7 Å². The van der Waals surface area contributed by atoms with Crippen molar-refractivity contribution in [3.63, 3.8) is 0 Å². The van der Waals surface area contributed by atoms with Crippen LogP contribution >= 0.6 is 0 Å². The van der Waals surface area contributed by atoms with E-state index in [-0.39, 0.29) is 5.78 Å². The first-order valence-corrected chi connectivity index (χ1v) is 11.6. The Kier molecular flexibility index (Phi) is 4.70. The van der Waals surface area contributed by atoms with E-state index in [1.54, 1.807) is 72.8 Å². The number of rotatable bonds is 5. The second-order valence-corrected chi connectivity index (χ2v) is 9.19. The van der Waals surface area contributed by atoms with E-state index in [0.717, 1.165) is 0 Å². The van der Waals surface area contributed by atoms with Crippen LogP contribution in [0.25, 0.3) is 0 Å². The van der Waals surface area contributed by atoms with Gasteiger partial charge >= 0.3 is 0 Å². The summed E-state index contributed by atoms with van der Waals surface area (Å²) in [6.07, 6.45) is 0. The number of hydrogen-bond donors (Lipinski definition) is 1. The summed E-state index contributed by atoms with van der Waals surface area (Å²) in [6.45, 7) is -0.482. The fraction of sp³-hybridized carbons (Fsp3) is 0.129. The van der Waals surface area contributed by atoms with Crippen LogP contribution in [0.3, 0.4) is 0 Å². The van der Waals surface area contributed by atoms with Crippen molar-refractivity contribution in [3.8, 4) is 0 Å². The van der Waals surface area contributed by atoms with Crippen LogP contribution in [-0.4, -0.2) is 29.1 Å². The number of Topliss-reactive ketones (excluding diaryl/α,β-unsaturated/α-hetero) is 3. The van der Waals surface area contributed by atoms with E-state index in [2.05, 4.69) is 0 Å². The van der Waals surface area contributed by atoms with E-state index in [0.29, 0.717) is 33.4 Å². The maximum atomic E-state index is 14.6. The summed E-state index contributed by atoms with van der Waals surface area (Å²) in [5, 5.41) is 11.2. The van der Waals surface area contributed by atoms with Crippen LogP contribution in [0.2, 0.25) is 0 Å². The molecule has 6 rings (SSSR count). The fourth-order valence-electron chi connectivity index (χ4n) is 6.42. The van der Waals surface area contributed by atoms with Gasteiger partial charge in [-0.15, -0.1) is 0 Å². The lowest BCUT2D eigenvalue weighted by atomic mass is 9.56. The van der Waals surface area contributed by atoms with Crippen LogP contribution < -0.4 is 0 Å². The average molecular weight is 459 g/mol. The molecule has 35 heavy (non-hydrogen) atoms. The van der Waals surface area contributed by atoms with Crippen molar-refractivity contribution in [3.05, 3.63) is 143 Å². The standard InChI is InChI=1S/C31H22O4/c32-19-30-24-17-9-7-15-22(24)26(27(33)20-11-3-1-4-12-20)31(30,28(34)21-13-5-2-6-14-21)29(35)23-16-8-10-18-25(23)30/h1-18,26,32H,19H2/t26-,30+,31+/m1/s1. The van der Waals surface area contributed by atoms with Gasteiger partial charge in [-0.25, -0.2) is 0 Å². The van der Waals surface area contributed by atoms with Gasteiger partial charge in [-0.2, -0.15) is 0 Å². The second kappa shape index (κ2) is 7.69. The third kappa shape index (κ3) is 2.52. The molecular weight excluding hydrogens is 436 g/mol. The van der Waals surface area contributed by atoms with E-state index in [1.165, 1.54) is 0 Å². The first-order chi connectivity index (χ1) is 17.1. The lowest BCUT2D eigenvalue weighted by molar-refractivity contribution is 0.0431. The molecule has 0 amide bonds. The number of benzene rings is 4. The molecule has 4 heteroatoms. The topological polar surface area (TPSA) is 71.4 Å². The molecule has 3 atom stereocenters. The quantitative estimate of drug-likeness (QED) is 0.337. The van der Waals surface area contributed by atoms with Crippen molar-refractivity contribution in [2.24, 2.45) is 5.41 Å². The molecule has 4 nitrogen and oxygen atoms in total. The second-order valence-electron chi connectivity index (χ2n) is 9.19. The SMILES string of the molecule is O=C(c1ccccc1)[C@H]1c2ccccc2[C@@]2(CO)c3ccccc3C(=O)[C@@]12C(=O)c1ccccc1. The van der Waals surface area contributed by atoms with Crippen molar-refractivity contribution in [1.82, 2.24) is 0 Å². The minimum absolute atomic E-state index is 0.307. The van der Waals surface area contributed by atoms with Crippen molar-refractivity contribution in [2.75, 3.05) is 6.61 Å². The zero-order valence-corrected chi connectivity index (χ0v) is 18.8.